The number of rotatable bonds is 4. The second-order valence-electron chi connectivity index (χ2n) is 5.88. The molecule has 1 saturated carbocycles. The third kappa shape index (κ3) is 2.72. The highest BCUT2D eigenvalue weighted by Gasteiger charge is 2.29. The number of hydrogen-bond acceptors (Lipinski definition) is 5. The van der Waals surface area contributed by atoms with Crippen molar-refractivity contribution in [2.75, 3.05) is 5.32 Å². The van der Waals surface area contributed by atoms with Crippen LogP contribution in [-0.4, -0.2) is 31.9 Å². The minimum Gasteiger partial charge on any atom is -0.488 e. The van der Waals surface area contributed by atoms with Gasteiger partial charge in [-0.3, -0.25) is 4.68 Å². The van der Waals surface area contributed by atoms with E-state index in [1.807, 2.05) is 37.4 Å². The number of benzene rings is 1. The molecule has 0 aliphatic heterocycles. The number of ether oxygens (including phenoxy) is 1. The monoisotopic (exact) mass is 309 g/mol. The predicted octanol–water partition coefficient (Wildman–Crippen LogP) is 2.78. The summed E-state index contributed by atoms with van der Waals surface area (Å²) in [5, 5.41) is 8.74. The second kappa shape index (κ2) is 5.87. The van der Waals surface area contributed by atoms with E-state index in [1.54, 1.807) is 17.2 Å². The molecule has 118 valence electrons. The standard InChI is InChI=1S/C17H19N5O/c1-22-17-13(10-20-22)16(18-11-19-17)21-14-8-5-9-15(14)23-12-6-3-2-4-7-12/h2-4,6-7,10-11,14-15H,5,8-9H2,1H3,(H,18,19,21)/t14-,15-/m1/s1. The van der Waals surface area contributed by atoms with Gasteiger partial charge in [0.25, 0.3) is 0 Å². The zero-order valence-corrected chi connectivity index (χ0v) is 13.0. The van der Waals surface area contributed by atoms with E-state index in [0.717, 1.165) is 41.9 Å². The molecule has 2 heterocycles. The first-order chi connectivity index (χ1) is 11.3. The van der Waals surface area contributed by atoms with Gasteiger partial charge in [-0.15, -0.1) is 0 Å². The number of hydrogen-bond donors (Lipinski definition) is 1. The van der Waals surface area contributed by atoms with Crippen LogP contribution < -0.4 is 10.1 Å². The molecule has 1 N–H and O–H groups in total. The first-order valence-electron chi connectivity index (χ1n) is 7.92. The molecule has 0 radical (unpaired) electrons. The summed E-state index contributed by atoms with van der Waals surface area (Å²) in [6.45, 7) is 0. The van der Waals surface area contributed by atoms with Crippen LogP contribution in [0.3, 0.4) is 0 Å². The van der Waals surface area contributed by atoms with Gasteiger partial charge in [-0.2, -0.15) is 5.10 Å². The summed E-state index contributed by atoms with van der Waals surface area (Å²) in [7, 11) is 1.88. The molecule has 0 unspecified atom stereocenters. The molecule has 3 aromatic rings. The number of anilines is 1. The Morgan fingerprint density at radius 3 is 2.91 bits per heavy atom. The molecular weight excluding hydrogens is 290 g/mol. The van der Waals surface area contributed by atoms with Gasteiger partial charge in [0, 0.05) is 7.05 Å². The van der Waals surface area contributed by atoms with Gasteiger partial charge in [-0.25, -0.2) is 9.97 Å². The number of para-hydroxylation sites is 1. The summed E-state index contributed by atoms with van der Waals surface area (Å²) in [5.41, 5.74) is 0.834. The van der Waals surface area contributed by atoms with Crippen molar-refractivity contribution in [1.82, 2.24) is 19.7 Å². The van der Waals surface area contributed by atoms with Gasteiger partial charge in [-0.1, -0.05) is 18.2 Å². The fourth-order valence-corrected chi connectivity index (χ4v) is 3.16. The van der Waals surface area contributed by atoms with E-state index in [0.29, 0.717) is 0 Å². The molecular formula is C17H19N5O. The smallest absolute Gasteiger partial charge is 0.163 e. The molecule has 1 aromatic carbocycles. The minimum atomic E-state index is 0.152. The topological polar surface area (TPSA) is 64.9 Å². The van der Waals surface area contributed by atoms with E-state index in [-0.39, 0.29) is 12.1 Å². The lowest BCUT2D eigenvalue weighted by Gasteiger charge is -2.23. The van der Waals surface area contributed by atoms with E-state index < -0.39 is 0 Å². The first kappa shape index (κ1) is 14.0. The highest BCUT2D eigenvalue weighted by atomic mass is 16.5. The van der Waals surface area contributed by atoms with Crippen molar-refractivity contribution in [1.29, 1.82) is 0 Å². The molecule has 0 amide bonds. The van der Waals surface area contributed by atoms with Crippen molar-refractivity contribution >= 4 is 16.9 Å². The zero-order valence-electron chi connectivity index (χ0n) is 13.0. The lowest BCUT2D eigenvalue weighted by Crippen LogP contribution is -2.33. The van der Waals surface area contributed by atoms with E-state index >= 15 is 0 Å². The molecule has 2 aromatic heterocycles. The fraction of sp³-hybridized carbons (Fsp3) is 0.353. The van der Waals surface area contributed by atoms with Crippen LogP contribution in [0.1, 0.15) is 19.3 Å². The summed E-state index contributed by atoms with van der Waals surface area (Å²) < 4.78 is 7.91. The van der Waals surface area contributed by atoms with Gasteiger partial charge >= 0.3 is 0 Å². The molecule has 1 aliphatic carbocycles. The maximum absolute atomic E-state index is 6.15. The number of nitrogens with zero attached hydrogens (tertiary/aromatic N) is 4. The predicted molar refractivity (Wildman–Crippen MR) is 88.4 cm³/mol. The van der Waals surface area contributed by atoms with Gasteiger partial charge < -0.3 is 10.1 Å². The van der Waals surface area contributed by atoms with Crippen molar-refractivity contribution in [2.24, 2.45) is 7.05 Å². The summed E-state index contributed by atoms with van der Waals surface area (Å²) in [6.07, 6.45) is 6.81. The van der Waals surface area contributed by atoms with Crippen LogP contribution in [0.25, 0.3) is 11.0 Å². The normalized spacial score (nSPS) is 20.7. The second-order valence-corrected chi connectivity index (χ2v) is 5.88. The van der Waals surface area contributed by atoms with Crippen LogP contribution >= 0.6 is 0 Å². The lowest BCUT2D eigenvalue weighted by molar-refractivity contribution is 0.198. The largest absolute Gasteiger partial charge is 0.488 e. The average Bonchev–Trinajstić information content (AvgIpc) is 3.17. The fourth-order valence-electron chi connectivity index (χ4n) is 3.16. The molecule has 1 fully saturated rings. The Hall–Kier alpha value is -2.63. The molecule has 2 atom stereocenters. The van der Waals surface area contributed by atoms with E-state index in [1.165, 1.54) is 0 Å². The lowest BCUT2D eigenvalue weighted by atomic mass is 10.2. The summed E-state index contributed by atoms with van der Waals surface area (Å²) >= 11 is 0. The van der Waals surface area contributed by atoms with Crippen LogP contribution in [0.2, 0.25) is 0 Å². The van der Waals surface area contributed by atoms with Crippen LogP contribution in [0, 0.1) is 0 Å². The summed E-state index contributed by atoms with van der Waals surface area (Å²) in [6, 6.07) is 10.2. The molecule has 6 nitrogen and oxygen atoms in total. The maximum Gasteiger partial charge on any atom is 0.163 e. The number of aromatic nitrogens is 4. The van der Waals surface area contributed by atoms with Gasteiger partial charge in [-0.05, 0) is 31.4 Å². The number of fused-ring (bicyclic) bond motifs is 1. The molecule has 4 rings (SSSR count). The average molecular weight is 309 g/mol. The van der Waals surface area contributed by atoms with Crippen molar-refractivity contribution in [2.45, 2.75) is 31.4 Å². The molecule has 0 spiro atoms. The molecule has 23 heavy (non-hydrogen) atoms. The van der Waals surface area contributed by atoms with Crippen LogP contribution in [-0.2, 0) is 7.05 Å². The zero-order chi connectivity index (χ0) is 15.6. The molecule has 6 heteroatoms. The highest BCUT2D eigenvalue weighted by molar-refractivity contribution is 5.86. The highest BCUT2D eigenvalue weighted by Crippen LogP contribution is 2.28. The Kier molecular flexibility index (Phi) is 3.57. The summed E-state index contributed by atoms with van der Waals surface area (Å²) in [5.74, 6) is 1.75. The Morgan fingerprint density at radius 2 is 2.04 bits per heavy atom. The van der Waals surface area contributed by atoms with Crippen LogP contribution in [0.15, 0.2) is 42.9 Å². The summed E-state index contributed by atoms with van der Waals surface area (Å²) in [4.78, 5) is 8.67. The Labute approximate surface area is 134 Å². The van der Waals surface area contributed by atoms with Crippen molar-refractivity contribution < 1.29 is 4.74 Å². The molecule has 1 aliphatic rings. The maximum atomic E-state index is 6.15. The van der Waals surface area contributed by atoms with Crippen LogP contribution in [0.4, 0.5) is 5.82 Å². The van der Waals surface area contributed by atoms with Crippen molar-refractivity contribution in [3.8, 4) is 5.75 Å². The van der Waals surface area contributed by atoms with Crippen LogP contribution in [0.5, 0.6) is 5.75 Å². The van der Waals surface area contributed by atoms with E-state index in [4.69, 9.17) is 4.74 Å². The van der Waals surface area contributed by atoms with Crippen molar-refractivity contribution in [3.05, 3.63) is 42.9 Å². The Balaban J connectivity index is 1.55. The quantitative estimate of drug-likeness (QED) is 0.803. The van der Waals surface area contributed by atoms with Gasteiger partial charge in [0.05, 0.1) is 17.6 Å². The molecule has 0 bridgehead atoms. The van der Waals surface area contributed by atoms with E-state index in [2.05, 4.69) is 20.4 Å². The third-order valence-corrected chi connectivity index (χ3v) is 4.33. The van der Waals surface area contributed by atoms with Gasteiger partial charge in [0.1, 0.15) is 24.0 Å². The number of nitrogens with one attached hydrogen (secondary N) is 1. The third-order valence-electron chi connectivity index (χ3n) is 4.33. The van der Waals surface area contributed by atoms with Crippen molar-refractivity contribution in [3.63, 3.8) is 0 Å². The SMILES string of the molecule is Cn1ncc2c(N[C@@H]3CCC[C@H]3Oc3ccccc3)ncnc21. The van der Waals surface area contributed by atoms with E-state index in [9.17, 15) is 0 Å². The van der Waals surface area contributed by atoms with Gasteiger partial charge in [0.2, 0.25) is 0 Å². The Bertz CT molecular complexity index is 801. The minimum absolute atomic E-state index is 0.152. The molecule has 0 saturated heterocycles. The van der Waals surface area contributed by atoms with Gasteiger partial charge in [0.15, 0.2) is 5.65 Å². The Morgan fingerprint density at radius 1 is 1.17 bits per heavy atom. The first-order valence-corrected chi connectivity index (χ1v) is 7.92. The number of aryl methyl sites for hydroxylation is 1.